The molecule has 0 N–H and O–H groups in total. The van der Waals surface area contributed by atoms with Crippen LogP contribution in [-0.4, -0.2) is 0 Å². The van der Waals surface area contributed by atoms with E-state index in [-0.39, 0.29) is 10.8 Å². The summed E-state index contributed by atoms with van der Waals surface area (Å²) in [5, 5.41) is 0.692. The van der Waals surface area contributed by atoms with E-state index in [1.54, 1.807) is 24.3 Å². The summed E-state index contributed by atoms with van der Waals surface area (Å²) in [7, 11) is 0. The summed E-state index contributed by atoms with van der Waals surface area (Å²) in [5.74, 6) is 0. The van der Waals surface area contributed by atoms with Crippen molar-refractivity contribution in [2.24, 2.45) is 0 Å². The normalized spacial score (nSPS) is 12.6. The van der Waals surface area contributed by atoms with Crippen LogP contribution in [0.4, 0.5) is 26.3 Å². The lowest BCUT2D eigenvalue weighted by Gasteiger charge is -2.16. The minimum absolute atomic E-state index is 0.0106. The molecule has 0 radical (unpaired) electrons. The number of halogens is 6. The first-order valence-corrected chi connectivity index (χ1v) is 8.36. The van der Waals surface area contributed by atoms with Gasteiger partial charge in [0, 0.05) is 0 Å². The van der Waals surface area contributed by atoms with Crippen molar-refractivity contribution in [3.8, 4) is 11.1 Å². The lowest BCUT2D eigenvalue weighted by Crippen LogP contribution is -2.06. The second kappa shape index (κ2) is 6.26. The quantitative estimate of drug-likeness (QED) is 0.292. The maximum atomic E-state index is 13.4. The molecule has 0 saturated heterocycles. The second-order valence-electron chi connectivity index (χ2n) is 6.41. The van der Waals surface area contributed by atoms with Gasteiger partial charge in [-0.3, -0.25) is 0 Å². The highest BCUT2D eigenvalue weighted by atomic mass is 19.4. The Morgan fingerprint density at radius 3 is 1.07 bits per heavy atom. The Kier molecular flexibility index (Phi) is 4.10. The third kappa shape index (κ3) is 2.99. The van der Waals surface area contributed by atoms with E-state index < -0.39 is 23.5 Å². The van der Waals surface area contributed by atoms with E-state index in [4.69, 9.17) is 0 Å². The molecule has 0 nitrogen and oxygen atoms in total. The molecule has 142 valence electrons. The zero-order valence-electron chi connectivity index (χ0n) is 14.2. The maximum Gasteiger partial charge on any atom is 0.417 e. The summed E-state index contributed by atoms with van der Waals surface area (Å²) in [4.78, 5) is 0. The summed E-state index contributed by atoms with van der Waals surface area (Å²) < 4.78 is 80.2. The molecule has 4 aromatic rings. The van der Waals surface area contributed by atoms with Gasteiger partial charge in [0.1, 0.15) is 0 Å². The van der Waals surface area contributed by atoms with Crippen molar-refractivity contribution in [2.75, 3.05) is 0 Å². The fourth-order valence-electron chi connectivity index (χ4n) is 3.58. The van der Waals surface area contributed by atoms with Crippen LogP contribution in [0.25, 0.3) is 32.7 Å². The van der Waals surface area contributed by atoms with Gasteiger partial charge >= 0.3 is 12.4 Å². The van der Waals surface area contributed by atoms with Crippen molar-refractivity contribution >= 4 is 21.5 Å². The van der Waals surface area contributed by atoms with E-state index in [1.165, 1.54) is 36.4 Å². The van der Waals surface area contributed by atoms with Crippen LogP contribution in [0.2, 0.25) is 0 Å². The molecule has 4 aromatic carbocycles. The molecule has 6 heteroatoms. The Morgan fingerprint density at radius 2 is 0.714 bits per heavy atom. The average molecular weight is 390 g/mol. The highest BCUT2D eigenvalue weighted by Gasteiger charge is 2.33. The van der Waals surface area contributed by atoms with E-state index in [0.29, 0.717) is 21.9 Å². The number of hydrogen-bond donors (Lipinski definition) is 0. The molecule has 0 aromatic heterocycles. The number of hydrogen-bond acceptors (Lipinski definition) is 0. The van der Waals surface area contributed by atoms with Crippen LogP contribution >= 0.6 is 0 Å². The maximum absolute atomic E-state index is 13.4. The first kappa shape index (κ1) is 18.3. The highest BCUT2D eigenvalue weighted by Crippen LogP contribution is 2.41. The van der Waals surface area contributed by atoms with Crippen molar-refractivity contribution in [3.05, 3.63) is 83.9 Å². The van der Waals surface area contributed by atoms with Crippen LogP contribution in [0.3, 0.4) is 0 Å². The molecule has 0 aliphatic carbocycles. The molecular weight excluding hydrogens is 378 g/mol. The monoisotopic (exact) mass is 390 g/mol. The molecule has 0 fully saturated rings. The molecule has 28 heavy (non-hydrogen) atoms. The van der Waals surface area contributed by atoms with Gasteiger partial charge in [0.25, 0.3) is 0 Å². The van der Waals surface area contributed by atoms with Gasteiger partial charge in [-0.05, 0) is 44.8 Å². The van der Waals surface area contributed by atoms with Gasteiger partial charge in [0.05, 0.1) is 11.1 Å². The standard InChI is InChI=1S/C22H12F6/c23-21(24,25)19-11-3-7-15-13(5-1-9-17(15)19)14-6-2-10-18-16(14)8-4-12-20(18)22(26,27)28/h1-12H. The van der Waals surface area contributed by atoms with Crippen molar-refractivity contribution in [3.63, 3.8) is 0 Å². The summed E-state index contributed by atoms with van der Waals surface area (Å²) in [6, 6.07) is 16.7. The third-order valence-corrected chi connectivity index (χ3v) is 4.75. The SMILES string of the molecule is FC(F)(F)c1cccc2c(-c3cccc4c(C(F)(F)F)cccc34)cccc12. The minimum Gasteiger partial charge on any atom is -0.166 e. The molecule has 0 saturated carbocycles. The molecule has 0 amide bonds. The van der Waals surface area contributed by atoms with Crippen LogP contribution in [0.1, 0.15) is 11.1 Å². The molecule has 4 rings (SSSR count). The fraction of sp³-hybridized carbons (Fsp3) is 0.0909. The van der Waals surface area contributed by atoms with Crippen molar-refractivity contribution < 1.29 is 26.3 Å². The predicted octanol–water partition coefficient (Wildman–Crippen LogP) is 7.70. The van der Waals surface area contributed by atoms with Crippen molar-refractivity contribution in [2.45, 2.75) is 12.4 Å². The zero-order valence-corrected chi connectivity index (χ0v) is 14.2. The Hall–Kier alpha value is -3.02. The third-order valence-electron chi connectivity index (χ3n) is 4.75. The summed E-state index contributed by atoms with van der Waals surface area (Å²) >= 11 is 0. The molecule has 0 aliphatic rings. The van der Waals surface area contributed by atoms with E-state index in [0.717, 1.165) is 12.1 Å². The Balaban J connectivity index is 2.06. The van der Waals surface area contributed by atoms with Crippen LogP contribution in [0.5, 0.6) is 0 Å². The number of rotatable bonds is 1. The van der Waals surface area contributed by atoms with Gasteiger partial charge in [-0.2, -0.15) is 26.3 Å². The summed E-state index contributed by atoms with van der Waals surface area (Å²) in [6.07, 6.45) is -9.05. The van der Waals surface area contributed by atoms with E-state index in [9.17, 15) is 26.3 Å². The minimum atomic E-state index is -4.53. The summed E-state index contributed by atoms with van der Waals surface area (Å²) in [6.45, 7) is 0. The number of benzene rings is 4. The second-order valence-corrected chi connectivity index (χ2v) is 6.41. The van der Waals surface area contributed by atoms with Crippen molar-refractivity contribution in [1.29, 1.82) is 0 Å². The molecule has 0 atom stereocenters. The Labute approximate surface area is 156 Å². The summed E-state index contributed by atoms with van der Waals surface area (Å²) in [5.41, 5.74) is -0.645. The number of alkyl halides is 6. The van der Waals surface area contributed by atoms with Gasteiger partial charge in [-0.25, -0.2) is 0 Å². The lowest BCUT2D eigenvalue weighted by molar-refractivity contribution is -0.137. The molecule has 0 heterocycles. The van der Waals surface area contributed by atoms with Crippen LogP contribution in [0.15, 0.2) is 72.8 Å². The molecular formula is C22H12F6. The Morgan fingerprint density at radius 1 is 0.393 bits per heavy atom. The van der Waals surface area contributed by atoms with Gasteiger partial charge in [-0.1, -0.05) is 60.7 Å². The van der Waals surface area contributed by atoms with Gasteiger partial charge in [0.2, 0.25) is 0 Å². The van der Waals surface area contributed by atoms with Crippen LogP contribution in [-0.2, 0) is 12.4 Å². The number of fused-ring (bicyclic) bond motifs is 2. The van der Waals surface area contributed by atoms with Gasteiger partial charge in [0.15, 0.2) is 0 Å². The van der Waals surface area contributed by atoms with E-state index >= 15 is 0 Å². The molecule has 0 unspecified atom stereocenters. The van der Waals surface area contributed by atoms with Crippen molar-refractivity contribution in [1.82, 2.24) is 0 Å². The highest BCUT2D eigenvalue weighted by molar-refractivity contribution is 6.07. The van der Waals surface area contributed by atoms with E-state index in [1.807, 2.05) is 0 Å². The molecule has 0 bridgehead atoms. The molecule has 0 aliphatic heterocycles. The Bertz CT molecular complexity index is 1090. The predicted molar refractivity (Wildman–Crippen MR) is 96.9 cm³/mol. The smallest absolute Gasteiger partial charge is 0.166 e. The lowest BCUT2D eigenvalue weighted by atomic mass is 9.91. The van der Waals surface area contributed by atoms with Gasteiger partial charge < -0.3 is 0 Å². The molecule has 0 spiro atoms. The fourth-order valence-corrected chi connectivity index (χ4v) is 3.58. The average Bonchev–Trinajstić information content (AvgIpc) is 2.64. The zero-order chi connectivity index (χ0) is 20.1. The van der Waals surface area contributed by atoms with Crippen LogP contribution in [0, 0.1) is 0 Å². The largest absolute Gasteiger partial charge is 0.417 e. The van der Waals surface area contributed by atoms with E-state index in [2.05, 4.69) is 0 Å². The topological polar surface area (TPSA) is 0 Å². The van der Waals surface area contributed by atoms with Crippen LogP contribution < -0.4 is 0 Å². The first-order valence-electron chi connectivity index (χ1n) is 8.36. The first-order chi connectivity index (χ1) is 13.2. The van der Waals surface area contributed by atoms with Gasteiger partial charge in [-0.15, -0.1) is 0 Å².